The minimum atomic E-state index is -0.345. The first-order valence-corrected chi connectivity index (χ1v) is 10.0. The number of rotatable bonds is 4. The predicted molar refractivity (Wildman–Crippen MR) is 116 cm³/mol. The van der Waals surface area contributed by atoms with Crippen LogP contribution in [0, 0.1) is 0 Å². The van der Waals surface area contributed by atoms with Crippen molar-refractivity contribution in [2.75, 3.05) is 0 Å². The van der Waals surface area contributed by atoms with Gasteiger partial charge in [-0.2, -0.15) is 5.10 Å². The van der Waals surface area contributed by atoms with E-state index in [4.69, 9.17) is 0 Å². The van der Waals surface area contributed by atoms with Gasteiger partial charge in [0.15, 0.2) is 0 Å². The third-order valence-corrected chi connectivity index (χ3v) is 5.48. The first kappa shape index (κ1) is 18.3. The van der Waals surface area contributed by atoms with Crippen LogP contribution in [0.3, 0.4) is 0 Å². The van der Waals surface area contributed by atoms with Crippen LogP contribution in [0.4, 0.5) is 0 Å². The lowest BCUT2D eigenvalue weighted by Gasteiger charge is -2.08. The van der Waals surface area contributed by atoms with Crippen molar-refractivity contribution in [3.8, 4) is 16.3 Å². The van der Waals surface area contributed by atoms with Crippen LogP contribution in [-0.4, -0.2) is 22.2 Å². The summed E-state index contributed by atoms with van der Waals surface area (Å²) in [5.74, 6) is -0.266. The summed E-state index contributed by atoms with van der Waals surface area (Å²) in [7, 11) is 0. The maximum atomic E-state index is 12.8. The Kier molecular flexibility index (Phi) is 5.18. The summed E-state index contributed by atoms with van der Waals surface area (Å²) in [4.78, 5) is 18.5. The molecule has 0 saturated heterocycles. The summed E-state index contributed by atoms with van der Waals surface area (Å²) in [6.45, 7) is 0. The second-order valence-electron chi connectivity index (χ2n) is 5.95. The number of hydrogen-bond acceptors (Lipinski definition) is 5. The number of amides is 1. The molecular weight excluding hydrogens is 438 g/mol. The summed E-state index contributed by atoms with van der Waals surface area (Å²) in [5.41, 5.74) is 5.01. The van der Waals surface area contributed by atoms with E-state index in [-0.39, 0.29) is 11.7 Å². The average molecular weight is 452 g/mol. The first-order valence-electron chi connectivity index (χ1n) is 8.37. The lowest BCUT2D eigenvalue weighted by molar-refractivity contribution is 0.0956. The van der Waals surface area contributed by atoms with Crippen molar-refractivity contribution < 1.29 is 9.90 Å². The fourth-order valence-electron chi connectivity index (χ4n) is 2.76. The van der Waals surface area contributed by atoms with Crippen LogP contribution in [0.15, 0.2) is 75.6 Å². The van der Waals surface area contributed by atoms with Crippen molar-refractivity contribution in [2.45, 2.75) is 0 Å². The number of thiophene rings is 1. The fraction of sp³-hybridized carbons (Fsp3) is 0. The van der Waals surface area contributed by atoms with Crippen LogP contribution < -0.4 is 5.43 Å². The summed E-state index contributed by atoms with van der Waals surface area (Å²) in [6.07, 6.45) is 1.40. The highest BCUT2D eigenvalue weighted by atomic mass is 79.9. The van der Waals surface area contributed by atoms with Crippen molar-refractivity contribution in [3.05, 3.63) is 81.6 Å². The Bertz CT molecular complexity index is 1190. The SMILES string of the molecule is O=C(NN=Cc1cc(Br)ccc1O)c1cc(-c2cccs2)nc2ccccc12. The third kappa shape index (κ3) is 3.81. The molecule has 2 aromatic carbocycles. The number of phenolic OH excluding ortho intramolecular Hbond substituents is 1. The molecule has 5 nitrogen and oxygen atoms in total. The van der Waals surface area contributed by atoms with Crippen molar-refractivity contribution in [1.82, 2.24) is 10.4 Å². The summed E-state index contributed by atoms with van der Waals surface area (Å²) >= 11 is 4.91. The highest BCUT2D eigenvalue weighted by molar-refractivity contribution is 9.10. The predicted octanol–water partition coefficient (Wildman–Crippen LogP) is 5.20. The van der Waals surface area contributed by atoms with Gasteiger partial charge in [-0.3, -0.25) is 4.79 Å². The molecule has 0 spiro atoms. The van der Waals surface area contributed by atoms with E-state index in [0.717, 1.165) is 25.9 Å². The van der Waals surface area contributed by atoms with Crippen LogP contribution >= 0.6 is 27.3 Å². The number of aromatic hydroxyl groups is 1. The molecule has 138 valence electrons. The van der Waals surface area contributed by atoms with Gasteiger partial charge in [0.05, 0.1) is 27.9 Å². The van der Waals surface area contributed by atoms with Gasteiger partial charge in [0.2, 0.25) is 0 Å². The van der Waals surface area contributed by atoms with Crippen molar-refractivity contribution in [2.24, 2.45) is 5.10 Å². The summed E-state index contributed by atoms with van der Waals surface area (Å²) in [5, 5.41) is 16.6. The second-order valence-corrected chi connectivity index (χ2v) is 7.82. The molecular formula is C21H14BrN3O2S. The topological polar surface area (TPSA) is 74.6 Å². The maximum Gasteiger partial charge on any atom is 0.272 e. The number of hydrogen-bond donors (Lipinski definition) is 2. The molecule has 4 aromatic rings. The smallest absolute Gasteiger partial charge is 0.272 e. The lowest BCUT2D eigenvalue weighted by Crippen LogP contribution is -2.18. The first-order chi connectivity index (χ1) is 13.6. The van der Waals surface area contributed by atoms with Crippen LogP contribution in [0.25, 0.3) is 21.5 Å². The average Bonchev–Trinajstić information content (AvgIpc) is 3.24. The van der Waals surface area contributed by atoms with Crippen LogP contribution in [-0.2, 0) is 0 Å². The molecule has 28 heavy (non-hydrogen) atoms. The monoisotopic (exact) mass is 451 g/mol. The number of fused-ring (bicyclic) bond motifs is 1. The minimum Gasteiger partial charge on any atom is -0.507 e. The molecule has 0 aliphatic heterocycles. The minimum absolute atomic E-state index is 0.0792. The van der Waals surface area contributed by atoms with Crippen molar-refractivity contribution >= 4 is 50.3 Å². The number of benzene rings is 2. The van der Waals surface area contributed by atoms with E-state index in [1.165, 1.54) is 6.21 Å². The molecule has 2 aromatic heterocycles. The number of carbonyl (C=O) groups is 1. The number of carbonyl (C=O) groups excluding carboxylic acids is 1. The number of nitrogens with one attached hydrogen (secondary N) is 1. The fourth-order valence-corrected chi connectivity index (χ4v) is 3.83. The van der Waals surface area contributed by atoms with E-state index in [1.54, 1.807) is 35.6 Å². The largest absolute Gasteiger partial charge is 0.507 e. The molecule has 2 heterocycles. The normalized spacial score (nSPS) is 11.2. The van der Waals surface area contributed by atoms with Crippen molar-refractivity contribution in [1.29, 1.82) is 0 Å². The molecule has 0 saturated carbocycles. The summed E-state index contributed by atoms with van der Waals surface area (Å²) < 4.78 is 0.804. The van der Waals surface area contributed by atoms with E-state index >= 15 is 0 Å². The number of pyridine rings is 1. The Morgan fingerprint density at radius 2 is 2.00 bits per heavy atom. The van der Waals surface area contributed by atoms with Crippen LogP contribution in [0.2, 0.25) is 0 Å². The number of para-hydroxylation sites is 1. The van der Waals surface area contributed by atoms with Gasteiger partial charge in [-0.05, 0) is 41.8 Å². The van der Waals surface area contributed by atoms with Crippen molar-refractivity contribution in [3.63, 3.8) is 0 Å². The number of hydrazone groups is 1. The van der Waals surface area contributed by atoms with Crippen LogP contribution in [0.1, 0.15) is 15.9 Å². The van der Waals surface area contributed by atoms with E-state index in [9.17, 15) is 9.90 Å². The van der Waals surface area contributed by atoms with Gasteiger partial charge in [-0.15, -0.1) is 11.3 Å². The van der Waals surface area contributed by atoms with Gasteiger partial charge >= 0.3 is 0 Å². The maximum absolute atomic E-state index is 12.8. The Hall–Kier alpha value is -3.03. The molecule has 7 heteroatoms. The van der Waals surface area contributed by atoms with Gasteiger partial charge in [0, 0.05) is 15.4 Å². The molecule has 0 atom stereocenters. The van der Waals surface area contributed by atoms with Gasteiger partial charge in [-0.1, -0.05) is 40.2 Å². The Labute approximate surface area is 173 Å². The number of phenols is 1. The van der Waals surface area contributed by atoms with Gasteiger partial charge < -0.3 is 5.11 Å². The molecule has 0 radical (unpaired) electrons. The van der Waals surface area contributed by atoms with Gasteiger partial charge in [0.25, 0.3) is 5.91 Å². The summed E-state index contributed by atoms with van der Waals surface area (Å²) in [6, 6.07) is 18.2. The molecule has 0 aliphatic carbocycles. The number of aromatic nitrogens is 1. The van der Waals surface area contributed by atoms with E-state index < -0.39 is 0 Å². The molecule has 0 unspecified atom stereocenters. The third-order valence-electron chi connectivity index (χ3n) is 4.09. The van der Waals surface area contributed by atoms with E-state index in [2.05, 4.69) is 31.4 Å². The molecule has 4 rings (SSSR count). The zero-order valence-corrected chi connectivity index (χ0v) is 16.9. The molecule has 0 aliphatic rings. The second kappa shape index (κ2) is 7.92. The number of halogens is 1. The number of nitrogens with zero attached hydrogens (tertiary/aromatic N) is 2. The van der Waals surface area contributed by atoms with E-state index in [0.29, 0.717) is 11.1 Å². The molecule has 2 N–H and O–H groups in total. The van der Waals surface area contributed by atoms with Gasteiger partial charge in [-0.25, -0.2) is 10.4 Å². The van der Waals surface area contributed by atoms with Crippen LogP contribution in [0.5, 0.6) is 5.75 Å². The highest BCUT2D eigenvalue weighted by Crippen LogP contribution is 2.28. The molecule has 0 fully saturated rings. The highest BCUT2D eigenvalue weighted by Gasteiger charge is 2.14. The van der Waals surface area contributed by atoms with E-state index in [1.807, 2.05) is 41.8 Å². The Morgan fingerprint density at radius 1 is 1.14 bits per heavy atom. The molecule has 1 amide bonds. The molecule has 0 bridgehead atoms. The lowest BCUT2D eigenvalue weighted by atomic mass is 10.1. The Morgan fingerprint density at radius 3 is 2.82 bits per heavy atom. The quantitative estimate of drug-likeness (QED) is 0.330. The zero-order chi connectivity index (χ0) is 19.5. The zero-order valence-electron chi connectivity index (χ0n) is 14.5. The standard InChI is InChI=1S/C21H14BrN3O2S/c22-14-7-8-19(26)13(10-14)12-23-25-21(27)16-11-18(20-6-3-9-28-20)24-17-5-2-1-4-15(16)17/h1-12,26H,(H,25,27). The Balaban J connectivity index is 1.67. The van der Waals surface area contributed by atoms with Gasteiger partial charge in [0.1, 0.15) is 5.75 Å².